The molecule has 0 saturated carbocycles. The number of rotatable bonds is 2. The number of hydrogen-bond donors (Lipinski definition) is 0. The fourth-order valence-electron chi connectivity index (χ4n) is 2.52. The van der Waals surface area contributed by atoms with Gasteiger partial charge in [-0.05, 0) is 50.3 Å². The number of hydrogen-bond acceptors (Lipinski definition) is 3. The highest BCUT2D eigenvalue weighted by atomic mass is 32.2. The summed E-state index contributed by atoms with van der Waals surface area (Å²) in [5, 5.41) is 0. The van der Waals surface area contributed by atoms with Crippen LogP contribution in [0.4, 0.5) is 4.79 Å². The van der Waals surface area contributed by atoms with E-state index in [9.17, 15) is 4.79 Å². The van der Waals surface area contributed by atoms with Crippen molar-refractivity contribution in [2.45, 2.75) is 24.7 Å². The van der Waals surface area contributed by atoms with Gasteiger partial charge in [-0.15, -0.1) is 23.1 Å². The first-order valence-corrected chi connectivity index (χ1v) is 9.38. The first-order chi connectivity index (χ1) is 10.7. The van der Waals surface area contributed by atoms with E-state index in [1.165, 1.54) is 4.90 Å². The Labute approximate surface area is 138 Å². The highest BCUT2D eigenvalue weighted by molar-refractivity contribution is 7.98. The molecule has 0 aliphatic carbocycles. The molecule has 2 amide bonds. The van der Waals surface area contributed by atoms with Gasteiger partial charge in [0.2, 0.25) is 0 Å². The van der Waals surface area contributed by atoms with Crippen LogP contribution in [0.15, 0.2) is 40.4 Å². The van der Waals surface area contributed by atoms with Gasteiger partial charge >= 0.3 is 6.03 Å². The van der Waals surface area contributed by atoms with E-state index in [0.29, 0.717) is 0 Å². The number of urea groups is 1. The lowest BCUT2D eigenvalue weighted by Gasteiger charge is -2.10. The molecule has 0 spiro atoms. The molecule has 1 aliphatic heterocycles. The number of benzene rings is 1. The van der Waals surface area contributed by atoms with E-state index in [1.807, 2.05) is 22.6 Å². The first kappa shape index (κ1) is 15.4. The van der Waals surface area contributed by atoms with Crippen molar-refractivity contribution in [2.24, 2.45) is 4.99 Å². The van der Waals surface area contributed by atoms with Crippen molar-refractivity contribution in [3.63, 3.8) is 0 Å². The normalized spacial score (nSPS) is 15.5. The number of aromatic nitrogens is 1. The van der Waals surface area contributed by atoms with E-state index >= 15 is 0 Å². The van der Waals surface area contributed by atoms with Gasteiger partial charge in [-0.3, -0.25) is 4.57 Å². The minimum absolute atomic E-state index is 0.117. The summed E-state index contributed by atoms with van der Waals surface area (Å²) in [6, 6.07) is 8.20. The third-order valence-electron chi connectivity index (χ3n) is 3.69. The Balaban J connectivity index is 1.96. The molecule has 2 aromatic rings. The largest absolute Gasteiger partial charge is 0.346 e. The third-order valence-corrected chi connectivity index (χ3v) is 5.33. The van der Waals surface area contributed by atoms with Crippen LogP contribution in [0.3, 0.4) is 0 Å². The van der Waals surface area contributed by atoms with Crippen LogP contribution in [0.25, 0.3) is 5.69 Å². The maximum absolute atomic E-state index is 12.3. The van der Waals surface area contributed by atoms with E-state index in [2.05, 4.69) is 35.5 Å². The van der Waals surface area contributed by atoms with Crippen molar-refractivity contribution >= 4 is 29.1 Å². The quantitative estimate of drug-likeness (QED) is 0.786. The zero-order chi connectivity index (χ0) is 15.5. The van der Waals surface area contributed by atoms with Crippen molar-refractivity contribution in [1.29, 1.82) is 0 Å². The molecule has 1 saturated heterocycles. The Bertz CT molecular complexity index is 725. The van der Waals surface area contributed by atoms with Crippen LogP contribution >= 0.6 is 23.1 Å². The van der Waals surface area contributed by atoms with Crippen molar-refractivity contribution < 1.29 is 4.79 Å². The van der Waals surface area contributed by atoms with Crippen molar-refractivity contribution in [3.05, 3.63) is 40.1 Å². The molecule has 22 heavy (non-hydrogen) atoms. The maximum Gasteiger partial charge on any atom is 0.346 e. The summed E-state index contributed by atoms with van der Waals surface area (Å²) in [6.45, 7) is 3.70. The second-order valence-electron chi connectivity index (χ2n) is 5.28. The number of thiazole rings is 1. The monoisotopic (exact) mass is 333 g/mol. The second-order valence-corrected chi connectivity index (χ2v) is 7.37. The molecule has 3 rings (SSSR count). The minimum atomic E-state index is -0.117. The minimum Gasteiger partial charge on any atom is -0.323 e. The number of carbonyl (C=O) groups excluding carboxylic acids is 1. The SMILES string of the molecule is CSc1ccc(-n2cc(C)sc2=NC(=O)N2CCCC2)cc1. The van der Waals surface area contributed by atoms with Gasteiger partial charge in [-0.2, -0.15) is 4.99 Å². The molecule has 6 heteroatoms. The van der Waals surface area contributed by atoms with Gasteiger partial charge in [-0.25, -0.2) is 4.79 Å². The molecule has 0 atom stereocenters. The summed E-state index contributed by atoms with van der Waals surface area (Å²) in [5.41, 5.74) is 1.04. The maximum atomic E-state index is 12.3. The lowest BCUT2D eigenvalue weighted by atomic mass is 10.3. The Hall–Kier alpha value is -1.53. The topological polar surface area (TPSA) is 37.6 Å². The summed E-state index contributed by atoms with van der Waals surface area (Å²) in [4.78, 5) is 21.5. The number of aryl methyl sites for hydroxylation is 1. The molecule has 116 valence electrons. The van der Waals surface area contributed by atoms with Crippen molar-refractivity contribution in [1.82, 2.24) is 9.47 Å². The highest BCUT2D eigenvalue weighted by Crippen LogP contribution is 2.17. The van der Waals surface area contributed by atoms with Gasteiger partial charge in [0.25, 0.3) is 0 Å². The summed E-state index contributed by atoms with van der Waals surface area (Å²) >= 11 is 3.27. The van der Waals surface area contributed by atoms with Gasteiger partial charge in [0.1, 0.15) is 0 Å². The van der Waals surface area contributed by atoms with Crippen LogP contribution in [0.2, 0.25) is 0 Å². The van der Waals surface area contributed by atoms with Gasteiger partial charge in [0, 0.05) is 34.7 Å². The third kappa shape index (κ3) is 3.28. The zero-order valence-electron chi connectivity index (χ0n) is 12.8. The van der Waals surface area contributed by atoms with E-state index in [0.717, 1.165) is 41.3 Å². The number of nitrogens with zero attached hydrogens (tertiary/aromatic N) is 3. The van der Waals surface area contributed by atoms with Crippen LogP contribution in [0.1, 0.15) is 17.7 Å². The van der Waals surface area contributed by atoms with E-state index < -0.39 is 0 Å². The van der Waals surface area contributed by atoms with Gasteiger partial charge in [0.05, 0.1) is 0 Å². The average molecular weight is 333 g/mol. The predicted octanol–water partition coefficient (Wildman–Crippen LogP) is 3.69. The molecule has 0 bridgehead atoms. The van der Waals surface area contributed by atoms with Crippen LogP contribution in [-0.4, -0.2) is 34.8 Å². The smallest absolute Gasteiger partial charge is 0.323 e. The zero-order valence-corrected chi connectivity index (χ0v) is 14.4. The van der Waals surface area contributed by atoms with Crippen molar-refractivity contribution in [2.75, 3.05) is 19.3 Å². The van der Waals surface area contributed by atoms with Crippen LogP contribution in [0, 0.1) is 6.92 Å². The standard InChI is InChI=1S/C16H19N3OS2/c1-12-11-19(13-5-7-14(21-2)8-6-13)16(22-12)17-15(20)18-9-3-4-10-18/h5-8,11H,3-4,9-10H2,1-2H3. The molecule has 2 heterocycles. The lowest BCUT2D eigenvalue weighted by molar-refractivity contribution is 0.218. The molecule has 1 aliphatic rings. The predicted molar refractivity (Wildman–Crippen MR) is 91.9 cm³/mol. The summed E-state index contributed by atoms with van der Waals surface area (Å²) in [7, 11) is 0. The van der Waals surface area contributed by atoms with Crippen LogP contribution in [-0.2, 0) is 0 Å². The first-order valence-electron chi connectivity index (χ1n) is 7.34. The fraction of sp³-hybridized carbons (Fsp3) is 0.375. The molecule has 1 fully saturated rings. The van der Waals surface area contributed by atoms with Crippen LogP contribution < -0.4 is 4.80 Å². The molecule has 0 N–H and O–H groups in total. The molecule has 1 aromatic carbocycles. The Kier molecular flexibility index (Phi) is 4.69. The number of carbonyl (C=O) groups is 1. The lowest BCUT2D eigenvalue weighted by Crippen LogP contribution is -2.27. The van der Waals surface area contributed by atoms with Crippen LogP contribution in [0.5, 0.6) is 0 Å². The average Bonchev–Trinajstić information content (AvgIpc) is 3.17. The van der Waals surface area contributed by atoms with Crippen molar-refractivity contribution in [3.8, 4) is 5.69 Å². The fourth-order valence-corrected chi connectivity index (χ4v) is 3.76. The molecule has 1 aromatic heterocycles. The summed E-state index contributed by atoms with van der Waals surface area (Å²) in [6.07, 6.45) is 6.27. The molecular formula is C16H19N3OS2. The van der Waals surface area contributed by atoms with Gasteiger partial charge < -0.3 is 4.90 Å². The summed E-state index contributed by atoms with van der Waals surface area (Å²) in [5.74, 6) is 0. The number of thioether (sulfide) groups is 1. The van der Waals surface area contributed by atoms with Gasteiger partial charge in [0.15, 0.2) is 4.80 Å². The molecule has 0 unspecified atom stereocenters. The number of likely N-dealkylation sites (tertiary alicyclic amines) is 1. The number of amides is 2. The second kappa shape index (κ2) is 6.71. The Morgan fingerprint density at radius 3 is 2.55 bits per heavy atom. The Morgan fingerprint density at radius 2 is 1.91 bits per heavy atom. The highest BCUT2D eigenvalue weighted by Gasteiger charge is 2.17. The van der Waals surface area contributed by atoms with E-state index in [-0.39, 0.29) is 6.03 Å². The van der Waals surface area contributed by atoms with E-state index in [4.69, 9.17) is 0 Å². The van der Waals surface area contributed by atoms with Gasteiger partial charge in [-0.1, -0.05) is 0 Å². The molecular weight excluding hydrogens is 314 g/mol. The Morgan fingerprint density at radius 1 is 1.23 bits per heavy atom. The summed E-state index contributed by atoms with van der Waals surface area (Å²) < 4.78 is 2.00. The molecule has 4 nitrogen and oxygen atoms in total. The van der Waals surface area contributed by atoms with E-state index in [1.54, 1.807) is 23.1 Å². The molecule has 0 radical (unpaired) electrons.